The highest BCUT2D eigenvalue weighted by atomic mass is 19.3. The maximum absolute atomic E-state index is 15.0. The Bertz CT molecular complexity index is 1100. The van der Waals surface area contributed by atoms with E-state index >= 15 is 4.39 Å². The molecular weight excluding hydrogens is 387 g/mol. The number of anilines is 1. The Balaban J connectivity index is 1.91. The molecule has 2 aliphatic rings. The SMILES string of the molecule is Cc1c(N2CC(CC(C)N)C(F)(F)C2)c(F)cc2c(=O)n(N)c(=O)n(C3CC3)c12. The topological polar surface area (TPSA) is 99.3 Å². The van der Waals surface area contributed by atoms with E-state index in [0.29, 0.717) is 10.2 Å². The van der Waals surface area contributed by atoms with Crippen molar-refractivity contribution in [3.05, 3.63) is 38.3 Å². The van der Waals surface area contributed by atoms with E-state index < -0.39 is 41.5 Å². The van der Waals surface area contributed by atoms with E-state index in [1.807, 2.05) is 0 Å². The minimum atomic E-state index is -3.02. The Morgan fingerprint density at radius 3 is 2.55 bits per heavy atom. The largest absolute Gasteiger partial charge is 0.362 e. The van der Waals surface area contributed by atoms with Crippen LogP contribution in [-0.2, 0) is 0 Å². The van der Waals surface area contributed by atoms with Gasteiger partial charge in [-0.2, -0.15) is 4.68 Å². The second-order valence-electron chi connectivity index (χ2n) is 8.34. The summed E-state index contributed by atoms with van der Waals surface area (Å²) in [6.45, 7) is 2.51. The van der Waals surface area contributed by atoms with Crippen molar-refractivity contribution >= 4 is 16.6 Å². The van der Waals surface area contributed by atoms with E-state index in [9.17, 15) is 18.4 Å². The van der Waals surface area contributed by atoms with Crippen LogP contribution in [0.15, 0.2) is 15.7 Å². The van der Waals surface area contributed by atoms with Gasteiger partial charge in [0.15, 0.2) is 0 Å². The van der Waals surface area contributed by atoms with Gasteiger partial charge in [-0.15, -0.1) is 0 Å². The standard InChI is InChI=1S/C19H24F3N5O2/c1-9(23)5-11-7-25(8-19(11,21)22)16-10(2)15-13(6-14(16)20)17(28)27(24)18(29)26(15)12-3-4-12/h6,9,11-12H,3-5,7-8,23-24H2,1-2H3. The van der Waals surface area contributed by atoms with Gasteiger partial charge in [-0.05, 0) is 39.2 Å². The number of halogens is 3. The summed E-state index contributed by atoms with van der Waals surface area (Å²) >= 11 is 0. The number of hydrogen-bond donors (Lipinski definition) is 2. The maximum Gasteiger partial charge on any atom is 0.350 e. The van der Waals surface area contributed by atoms with Crippen molar-refractivity contribution in [2.75, 3.05) is 23.8 Å². The number of aryl methyl sites for hydroxylation is 1. The molecule has 0 spiro atoms. The number of benzene rings is 1. The summed E-state index contributed by atoms with van der Waals surface area (Å²) in [4.78, 5) is 26.4. The molecule has 158 valence electrons. The third-order valence-electron chi connectivity index (χ3n) is 5.89. The lowest BCUT2D eigenvalue weighted by molar-refractivity contribution is -0.0250. The highest BCUT2D eigenvalue weighted by molar-refractivity contribution is 5.87. The first kappa shape index (κ1) is 19.8. The van der Waals surface area contributed by atoms with Gasteiger partial charge in [0.2, 0.25) is 0 Å². The molecule has 0 radical (unpaired) electrons. The number of rotatable bonds is 4. The lowest BCUT2D eigenvalue weighted by Crippen LogP contribution is -2.44. The van der Waals surface area contributed by atoms with Crippen LogP contribution in [0.4, 0.5) is 18.9 Å². The highest BCUT2D eigenvalue weighted by Crippen LogP contribution is 2.42. The first-order valence-corrected chi connectivity index (χ1v) is 9.66. The van der Waals surface area contributed by atoms with Crippen LogP contribution in [0.1, 0.15) is 37.8 Å². The Kier molecular flexibility index (Phi) is 4.45. The van der Waals surface area contributed by atoms with Crippen LogP contribution < -0.4 is 27.7 Å². The average Bonchev–Trinajstić information content (AvgIpc) is 3.40. The summed E-state index contributed by atoms with van der Waals surface area (Å²) in [5.41, 5.74) is 4.76. The van der Waals surface area contributed by atoms with Crippen molar-refractivity contribution in [3.8, 4) is 0 Å². The molecule has 4 rings (SSSR count). The van der Waals surface area contributed by atoms with Crippen molar-refractivity contribution in [2.24, 2.45) is 11.7 Å². The molecule has 4 N–H and O–H groups in total. The van der Waals surface area contributed by atoms with Gasteiger partial charge in [-0.1, -0.05) is 0 Å². The van der Waals surface area contributed by atoms with E-state index in [4.69, 9.17) is 11.6 Å². The van der Waals surface area contributed by atoms with E-state index in [2.05, 4.69) is 0 Å². The molecule has 10 heteroatoms. The molecule has 1 aliphatic carbocycles. The molecule has 0 amide bonds. The summed E-state index contributed by atoms with van der Waals surface area (Å²) in [6, 6.07) is 0.457. The molecule has 1 aromatic heterocycles. The first-order valence-electron chi connectivity index (χ1n) is 9.66. The van der Waals surface area contributed by atoms with Crippen LogP contribution in [0, 0.1) is 18.7 Å². The number of nitrogens with two attached hydrogens (primary N) is 2. The summed E-state index contributed by atoms with van der Waals surface area (Å²) in [5, 5.41) is -0.0316. The number of nitrogen functional groups attached to an aromatic ring is 1. The predicted octanol–water partition coefficient (Wildman–Crippen LogP) is 1.47. The quantitative estimate of drug-likeness (QED) is 0.743. The Morgan fingerprint density at radius 2 is 1.97 bits per heavy atom. The molecule has 0 bridgehead atoms. The molecule has 2 aromatic rings. The molecule has 2 fully saturated rings. The summed E-state index contributed by atoms with van der Waals surface area (Å²) in [7, 11) is 0. The number of nitrogens with zero attached hydrogens (tertiary/aromatic N) is 3. The van der Waals surface area contributed by atoms with Crippen LogP contribution in [0.25, 0.3) is 10.9 Å². The Hall–Kier alpha value is -2.49. The molecule has 2 unspecified atom stereocenters. The van der Waals surface area contributed by atoms with Crippen LogP contribution in [0.3, 0.4) is 0 Å². The summed E-state index contributed by atoms with van der Waals surface area (Å²) in [6.07, 6.45) is 1.58. The Labute approximate surface area is 164 Å². The average molecular weight is 411 g/mol. The molecule has 1 aliphatic heterocycles. The fourth-order valence-electron chi connectivity index (χ4n) is 4.43. The highest BCUT2D eigenvalue weighted by Gasteiger charge is 2.49. The van der Waals surface area contributed by atoms with Crippen LogP contribution >= 0.6 is 0 Å². The fraction of sp³-hybridized carbons (Fsp3) is 0.579. The van der Waals surface area contributed by atoms with E-state index in [0.717, 1.165) is 18.9 Å². The van der Waals surface area contributed by atoms with Crippen LogP contribution in [0.5, 0.6) is 0 Å². The predicted molar refractivity (Wildman–Crippen MR) is 105 cm³/mol. The normalized spacial score (nSPS) is 22.4. The molecule has 1 saturated carbocycles. The lowest BCUT2D eigenvalue weighted by Gasteiger charge is -2.24. The van der Waals surface area contributed by atoms with E-state index in [1.54, 1.807) is 13.8 Å². The number of hydrogen-bond acceptors (Lipinski definition) is 5. The lowest BCUT2D eigenvalue weighted by atomic mass is 9.97. The van der Waals surface area contributed by atoms with E-state index in [-0.39, 0.29) is 35.6 Å². The molecule has 29 heavy (non-hydrogen) atoms. The molecule has 7 nitrogen and oxygen atoms in total. The summed E-state index contributed by atoms with van der Waals surface area (Å²) in [5.74, 6) is 0.799. The number of fused-ring (bicyclic) bond motifs is 1. The van der Waals surface area contributed by atoms with Gasteiger partial charge in [-0.3, -0.25) is 9.36 Å². The molecule has 2 atom stereocenters. The molecule has 2 heterocycles. The van der Waals surface area contributed by atoms with Gasteiger partial charge in [0.25, 0.3) is 11.5 Å². The second-order valence-corrected chi connectivity index (χ2v) is 8.34. The van der Waals surface area contributed by atoms with Crippen molar-refractivity contribution in [1.82, 2.24) is 9.24 Å². The van der Waals surface area contributed by atoms with E-state index in [1.165, 1.54) is 9.47 Å². The number of alkyl halides is 2. The van der Waals surface area contributed by atoms with Gasteiger partial charge in [-0.25, -0.2) is 18.0 Å². The van der Waals surface area contributed by atoms with Crippen molar-refractivity contribution in [1.29, 1.82) is 0 Å². The van der Waals surface area contributed by atoms with Gasteiger partial charge in [0.05, 0.1) is 23.1 Å². The van der Waals surface area contributed by atoms with Crippen molar-refractivity contribution in [3.63, 3.8) is 0 Å². The monoisotopic (exact) mass is 411 g/mol. The summed E-state index contributed by atoms with van der Waals surface area (Å²) < 4.78 is 46.0. The maximum atomic E-state index is 15.0. The van der Waals surface area contributed by atoms with Crippen molar-refractivity contribution in [2.45, 2.75) is 51.1 Å². The van der Waals surface area contributed by atoms with Gasteiger partial charge in [0, 0.05) is 30.1 Å². The van der Waals surface area contributed by atoms with Crippen molar-refractivity contribution < 1.29 is 13.2 Å². The number of aromatic nitrogens is 2. The first-order chi connectivity index (χ1) is 13.5. The van der Waals surface area contributed by atoms with Gasteiger partial charge >= 0.3 is 5.69 Å². The second kappa shape index (κ2) is 6.51. The third-order valence-corrected chi connectivity index (χ3v) is 5.89. The van der Waals surface area contributed by atoms with Crippen LogP contribution in [-0.4, -0.2) is 34.3 Å². The van der Waals surface area contributed by atoms with Gasteiger partial charge < -0.3 is 16.5 Å². The van der Waals surface area contributed by atoms with Gasteiger partial charge in [0.1, 0.15) is 5.82 Å². The zero-order valence-corrected chi connectivity index (χ0v) is 16.3. The molecule has 1 saturated heterocycles. The molecule has 1 aromatic carbocycles. The fourth-order valence-corrected chi connectivity index (χ4v) is 4.43. The Morgan fingerprint density at radius 1 is 1.31 bits per heavy atom. The zero-order chi connectivity index (χ0) is 21.2. The van der Waals surface area contributed by atoms with Crippen LogP contribution in [0.2, 0.25) is 0 Å². The minimum Gasteiger partial charge on any atom is -0.362 e. The molecular formula is C19H24F3N5O2. The smallest absolute Gasteiger partial charge is 0.350 e. The third kappa shape index (κ3) is 3.09. The zero-order valence-electron chi connectivity index (χ0n) is 16.3. The minimum absolute atomic E-state index is 0.00711.